The van der Waals surface area contributed by atoms with Crippen LogP contribution < -0.4 is 15.4 Å². The Labute approximate surface area is 171 Å². The Morgan fingerprint density at radius 2 is 2.04 bits per heavy atom. The summed E-state index contributed by atoms with van der Waals surface area (Å²) < 4.78 is 5.60. The van der Waals surface area contributed by atoms with Crippen molar-refractivity contribution in [3.8, 4) is 5.75 Å². The first-order chi connectivity index (χ1) is 11.7. The Bertz CT molecular complexity index is 637. The lowest BCUT2D eigenvalue weighted by Crippen LogP contribution is -2.39. The van der Waals surface area contributed by atoms with Crippen molar-refractivity contribution in [3.05, 3.63) is 59.4 Å². The molecule has 1 aromatic carbocycles. The topological polar surface area (TPSA) is 58.5 Å². The third kappa shape index (κ3) is 7.92. The standard InChI is InChI=1S/C18H23ClN4O.HI/c1-3-21-18(22-11-12-24-17-5-4-10-20-13-17)23-14(2)15-6-8-16(19)9-7-15;/h4-10,13-14H,3,11-12H2,1-2H3,(H2,21,22,23);1H. The van der Waals surface area contributed by atoms with Crippen LogP contribution in [0.15, 0.2) is 53.8 Å². The maximum Gasteiger partial charge on any atom is 0.191 e. The molecule has 0 spiro atoms. The number of aliphatic imine (C=N–C) groups is 1. The van der Waals surface area contributed by atoms with Crippen molar-refractivity contribution in [1.82, 2.24) is 15.6 Å². The van der Waals surface area contributed by atoms with Crippen molar-refractivity contribution < 1.29 is 4.74 Å². The number of hydrogen-bond acceptors (Lipinski definition) is 3. The summed E-state index contributed by atoms with van der Waals surface area (Å²) in [7, 11) is 0. The molecule has 1 atom stereocenters. The van der Waals surface area contributed by atoms with Gasteiger partial charge in [-0.05, 0) is 43.7 Å². The quantitative estimate of drug-likeness (QED) is 0.275. The Morgan fingerprint density at radius 1 is 1.28 bits per heavy atom. The van der Waals surface area contributed by atoms with E-state index < -0.39 is 0 Å². The van der Waals surface area contributed by atoms with E-state index in [9.17, 15) is 0 Å². The minimum atomic E-state index is 0. The van der Waals surface area contributed by atoms with Crippen LogP contribution in [0.1, 0.15) is 25.5 Å². The third-order valence-electron chi connectivity index (χ3n) is 3.33. The van der Waals surface area contributed by atoms with Gasteiger partial charge in [0.05, 0.1) is 18.8 Å². The number of hydrogen-bond donors (Lipinski definition) is 2. The largest absolute Gasteiger partial charge is 0.490 e. The van der Waals surface area contributed by atoms with E-state index in [0.29, 0.717) is 13.2 Å². The minimum absolute atomic E-state index is 0. The molecular formula is C18H24ClIN4O. The van der Waals surface area contributed by atoms with Crippen molar-refractivity contribution in [2.45, 2.75) is 19.9 Å². The molecule has 1 heterocycles. The first-order valence-corrected chi connectivity index (χ1v) is 8.40. The molecule has 7 heteroatoms. The number of nitrogens with zero attached hydrogens (tertiary/aromatic N) is 2. The van der Waals surface area contributed by atoms with Gasteiger partial charge in [-0.3, -0.25) is 4.98 Å². The molecule has 0 fully saturated rings. The molecule has 0 saturated heterocycles. The second kappa shape index (κ2) is 11.9. The summed E-state index contributed by atoms with van der Waals surface area (Å²) in [6.07, 6.45) is 3.41. The number of rotatable bonds is 7. The number of nitrogens with one attached hydrogen (secondary N) is 2. The van der Waals surface area contributed by atoms with Gasteiger partial charge in [-0.25, -0.2) is 4.99 Å². The Hall–Kier alpha value is -1.54. The first kappa shape index (κ1) is 21.5. The molecular weight excluding hydrogens is 451 g/mol. The monoisotopic (exact) mass is 474 g/mol. The second-order valence-electron chi connectivity index (χ2n) is 5.22. The van der Waals surface area contributed by atoms with Crippen molar-refractivity contribution >= 4 is 41.5 Å². The molecule has 136 valence electrons. The van der Waals surface area contributed by atoms with Gasteiger partial charge in [0.25, 0.3) is 0 Å². The summed E-state index contributed by atoms with van der Waals surface area (Å²) in [5.74, 6) is 1.51. The minimum Gasteiger partial charge on any atom is -0.490 e. The molecule has 2 rings (SSSR count). The van der Waals surface area contributed by atoms with E-state index >= 15 is 0 Å². The molecule has 5 nitrogen and oxygen atoms in total. The smallest absolute Gasteiger partial charge is 0.191 e. The van der Waals surface area contributed by atoms with Crippen LogP contribution in [0.25, 0.3) is 0 Å². The van der Waals surface area contributed by atoms with E-state index in [1.807, 2.05) is 43.3 Å². The van der Waals surface area contributed by atoms with Crippen LogP contribution in [0.2, 0.25) is 5.02 Å². The lowest BCUT2D eigenvalue weighted by atomic mass is 10.1. The fraction of sp³-hybridized carbons (Fsp3) is 0.333. The lowest BCUT2D eigenvalue weighted by Gasteiger charge is -2.18. The van der Waals surface area contributed by atoms with Crippen LogP contribution in [0.4, 0.5) is 0 Å². The molecule has 0 aliphatic carbocycles. The summed E-state index contributed by atoms with van der Waals surface area (Å²) in [6, 6.07) is 11.6. The van der Waals surface area contributed by atoms with Gasteiger partial charge in [0, 0.05) is 17.8 Å². The van der Waals surface area contributed by atoms with Crippen LogP contribution in [0, 0.1) is 0 Å². The van der Waals surface area contributed by atoms with E-state index in [4.69, 9.17) is 16.3 Å². The van der Waals surface area contributed by atoms with Gasteiger partial charge in [-0.1, -0.05) is 23.7 Å². The molecule has 2 aromatic rings. The van der Waals surface area contributed by atoms with Gasteiger partial charge >= 0.3 is 0 Å². The maximum absolute atomic E-state index is 5.93. The molecule has 1 aromatic heterocycles. The van der Waals surface area contributed by atoms with Gasteiger partial charge < -0.3 is 15.4 Å². The van der Waals surface area contributed by atoms with Gasteiger partial charge in [-0.15, -0.1) is 24.0 Å². The molecule has 0 saturated carbocycles. The summed E-state index contributed by atoms with van der Waals surface area (Å²) in [5.41, 5.74) is 1.15. The summed E-state index contributed by atoms with van der Waals surface area (Å²) in [6.45, 7) is 5.97. The van der Waals surface area contributed by atoms with Crippen molar-refractivity contribution in [1.29, 1.82) is 0 Å². The zero-order valence-electron chi connectivity index (χ0n) is 14.4. The molecule has 0 amide bonds. The van der Waals surface area contributed by atoms with Crippen molar-refractivity contribution in [2.24, 2.45) is 4.99 Å². The van der Waals surface area contributed by atoms with Crippen LogP contribution in [-0.4, -0.2) is 30.6 Å². The molecule has 1 unspecified atom stereocenters. The highest BCUT2D eigenvalue weighted by Gasteiger charge is 2.07. The Kier molecular flexibility index (Phi) is 10.3. The Balaban J connectivity index is 0.00000312. The number of benzene rings is 1. The molecule has 0 radical (unpaired) electrons. The van der Waals surface area contributed by atoms with E-state index in [0.717, 1.165) is 28.8 Å². The van der Waals surface area contributed by atoms with Crippen LogP contribution in [0.5, 0.6) is 5.75 Å². The second-order valence-corrected chi connectivity index (χ2v) is 5.65. The zero-order chi connectivity index (χ0) is 17.2. The van der Waals surface area contributed by atoms with Crippen molar-refractivity contribution in [2.75, 3.05) is 19.7 Å². The number of ether oxygens (including phenoxy) is 1. The molecule has 2 N–H and O–H groups in total. The van der Waals surface area contributed by atoms with Gasteiger partial charge in [0.15, 0.2) is 5.96 Å². The van der Waals surface area contributed by atoms with Crippen LogP contribution in [0.3, 0.4) is 0 Å². The van der Waals surface area contributed by atoms with E-state index in [2.05, 4.69) is 27.5 Å². The Morgan fingerprint density at radius 3 is 2.68 bits per heavy atom. The summed E-state index contributed by atoms with van der Waals surface area (Å²) in [4.78, 5) is 8.55. The molecule has 0 aliphatic rings. The van der Waals surface area contributed by atoms with Crippen molar-refractivity contribution in [3.63, 3.8) is 0 Å². The predicted molar refractivity (Wildman–Crippen MR) is 114 cm³/mol. The molecule has 25 heavy (non-hydrogen) atoms. The highest BCUT2D eigenvalue weighted by atomic mass is 127. The summed E-state index contributed by atoms with van der Waals surface area (Å²) >= 11 is 5.93. The number of aromatic nitrogens is 1. The lowest BCUT2D eigenvalue weighted by molar-refractivity contribution is 0.327. The average Bonchev–Trinajstić information content (AvgIpc) is 2.60. The maximum atomic E-state index is 5.93. The first-order valence-electron chi connectivity index (χ1n) is 8.02. The fourth-order valence-electron chi connectivity index (χ4n) is 2.11. The highest BCUT2D eigenvalue weighted by molar-refractivity contribution is 14.0. The zero-order valence-corrected chi connectivity index (χ0v) is 17.5. The fourth-order valence-corrected chi connectivity index (χ4v) is 2.24. The third-order valence-corrected chi connectivity index (χ3v) is 3.58. The summed E-state index contributed by atoms with van der Waals surface area (Å²) in [5, 5.41) is 7.35. The van der Waals surface area contributed by atoms with E-state index in [1.54, 1.807) is 12.4 Å². The number of pyridine rings is 1. The van der Waals surface area contributed by atoms with E-state index in [-0.39, 0.29) is 30.0 Å². The highest BCUT2D eigenvalue weighted by Crippen LogP contribution is 2.15. The van der Waals surface area contributed by atoms with Crippen LogP contribution in [-0.2, 0) is 0 Å². The van der Waals surface area contributed by atoms with Crippen LogP contribution >= 0.6 is 35.6 Å². The van der Waals surface area contributed by atoms with Gasteiger partial charge in [0.1, 0.15) is 12.4 Å². The predicted octanol–water partition coefficient (Wildman–Crippen LogP) is 4.05. The molecule has 0 bridgehead atoms. The van der Waals surface area contributed by atoms with Gasteiger partial charge in [0.2, 0.25) is 0 Å². The number of guanidine groups is 1. The normalized spacial score (nSPS) is 12.0. The SMILES string of the molecule is CCNC(=NCCOc1cccnc1)NC(C)c1ccc(Cl)cc1.I. The average molecular weight is 475 g/mol. The number of halogens is 2. The van der Waals surface area contributed by atoms with E-state index in [1.165, 1.54) is 0 Å². The molecule has 0 aliphatic heterocycles. The van der Waals surface area contributed by atoms with Gasteiger partial charge in [-0.2, -0.15) is 0 Å².